The number of nitrogens with zero attached hydrogens (tertiary/aromatic N) is 2. The fourth-order valence-electron chi connectivity index (χ4n) is 5.61. The highest BCUT2D eigenvalue weighted by molar-refractivity contribution is 6.10. The van der Waals surface area contributed by atoms with Gasteiger partial charge in [0.2, 0.25) is 0 Å². The molecule has 1 aliphatic carbocycles. The molecule has 0 amide bonds. The summed E-state index contributed by atoms with van der Waals surface area (Å²) in [6.45, 7) is 0. The van der Waals surface area contributed by atoms with E-state index < -0.39 is 0 Å². The summed E-state index contributed by atoms with van der Waals surface area (Å²) < 4.78 is 2.36. The molecular formula is C36H28N2. The molecule has 1 heterocycles. The SMILES string of the molecule is C1=CC(c2ccc(N(c3ccccc3)c3ccc4c(c3)c3ccccc3n4-c3ccccc3)cc2)=CCC1. The molecule has 0 unspecified atom stereocenters. The molecule has 0 bridgehead atoms. The molecule has 6 aromatic rings. The predicted molar refractivity (Wildman–Crippen MR) is 162 cm³/mol. The third kappa shape index (κ3) is 3.91. The van der Waals surface area contributed by atoms with E-state index >= 15 is 0 Å². The minimum absolute atomic E-state index is 1.11. The van der Waals surface area contributed by atoms with E-state index in [0.29, 0.717) is 0 Å². The first-order valence-electron chi connectivity index (χ1n) is 13.3. The van der Waals surface area contributed by atoms with Crippen LogP contribution in [0.5, 0.6) is 0 Å². The van der Waals surface area contributed by atoms with Crippen molar-refractivity contribution in [3.05, 3.63) is 151 Å². The quantitative estimate of drug-likeness (QED) is 0.234. The number of allylic oxidation sites excluding steroid dienone is 4. The number of hydrogen-bond acceptors (Lipinski definition) is 1. The van der Waals surface area contributed by atoms with Gasteiger partial charge >= 0.3 is 0 Å². The van der Waals surface area contributed by atoms with Crippen LogP contribution in [0.25, 0.3) is 33.1 Å². The van der Waals surface area contributed by atoms with E-state index in [1.165, 1.54) is 38.6 Å². The van der Waals surface area contributed by atoms with Crippen LogP contribution in [-0.2, 0) is 0 Å². The number of fused-ring (bicyclic) bond motifs is 3. The molecule has 0 N–H and O–H groups in total. The Balaban J connectivity index is 1.40. The Labute approximate surface area is 223 Å². The lowest BCUT2D eigenvalue weighted by atomic mass is 9.99. The molecular weight excluding hydrogens is 460 g/mol. The molecule has 2 nitrogen and oxygen atoms in total. The summed E-state index contributed by atoms with van der Waals surface area (Å²) >= 11 is 0. The Morgan fingerprint density at radius 3 is 1.95 bits per heavy atom. The zero-order valence-electron chi connectivity index (χ0n) is 21.2. The smallest absolute Gasteiger partial charge is 0.0542 e. The van der Waals surface area contributed by atoms with Crippen molar-refractivity contribution in [1.82, 2.24) is 4.57 Å². The topological polar surface area (TPSA) is 8.17 Å². The van der Waals surface area contributed by atoms with Crippen molar-refractivity contribution >= 4 is 44.4 Å². The van der Waals surface area contributed by atoms with Crippen molar-refractivity contribution in [1.29, 1.82) is 0 Å². The molecule has 0 atom stereocenters. The number of rotatable bonds is 5. The van der Waals surface area contributed by atoms with Crippen molar-refractivity contribution in [3.63, 3.8) is 0 Å². The normalized spacial score (nSPS) is 13.1. The maximum Gasteiger partial charge on any atom is 0.0542 e. The summed E-state index contributed by atoms with van der Waals surface area (Å²) in [5.74, 6) is 0. The molecule has 0 aliphatic heterocycles. The summed E-state index contributed by atoms with van der Waals surface area (Å²) in [4.78, 5) is 2.35. The molecule has 1 aliphatic rings. The molecule has 38 heavy (non-hydrogen) atoms. The van der Waals surface area contributed by atoms with E-state index in [0.717, 1.165) is 29.9 Å². The fourth-order valence-corrected chi connectivity index (χ4v) is 5.61. The highest BCUT2D eigenvalue weighted by Gasteiger charge is 2.17. The highest BCUT2D eigenvalue weighted by atomic mass is 15.1. The average molecular weight is 489 g/mol. The van der Waals surface area contributed by atoms with Crippen LogP contribution in [0, 0.1) is 0 Å². The number of benzene rings is 5. The van der Waals surface area contributed by atoms with Crippen molar-refractivity contribution in [3.8, 4) is 5.69 Å². The first kappa shape index (κ1) is 22.4. The molecule has 0 fully saturated rings. The minimum atomic E-state index is 1.11. The Morgan fingerprint density at radius 2 is 1.18 bits per heavy atom. The van der Waals surface area contributed by atoms with Crippen molar-refractivity contribution in [2.45, 2.75) is 12.8 Å². The first-order chi connectivity index (χ1) is 18.9. The van der Waals surface area contributed by atoms with Gasteiger partial charge in [-0.15, -0.1) is 0 Å². The molecule has 0 radical (unpaired) electrons. The van der Waals surface area contributed by atoms with Crippen molar-refractivity contribution in [2.75, 3.05) is 4.90 Å². The van der Waals surface area contributed by atoms with Gasteiger partial charge in [-0.05, 0) is 84.6 Å². The maximum absolute atomic E-state index is 2.36. The van der Waals surface area contributed by atoms with Crippen LogP contribution in [0.2, 0.25) is 0 Å². The monoisotopic (exact) mass is 488 g/mol. The standard InChI is InChI=1S/C36H28N2/c1-4-12-27(13-5-1)28-20-22-31(23-21-28)37(29-14-6-2-7-15-29)32-24-25-36-34(26-32)33-18-10-11-19-35(33)38(36)30-16-8-3-9-17-30/h2-4,6-26H,1,5H2. The molecule has 0 spiro atoms. The van der Waals surface area contributed by atoms with E-state index in [1.54, 1.807) is 0 Å². The van der Waals surface area contributed by atoms with Gasteiger partial charge in [-0.25, -0.2) is 0 Å². The minimum Gasteiger partial charge on any atom is -0.310 e. The molecule has 0 saturated carbocycles. The molecule has 0 saturated heterocycles. The Bertz CT molecular complexity index is 1790. The first-order valence-corrected chi connectivity index (χ1v) is 13.3. The Hall–Kier alpha value is -4.82. The lowest BCUT2D eigenvalue weighted by Gasteiger charge is -2.26. The average Bonchev–Trinajstić information content (AvgIpc) is 3.33. The largest absolute Gasteiger partial charge is 0.310 e. The Morgan fingerprint density at radius 1 is 0.526 bits per heavy atom. The molecule has 182 valence electrons. The molecule has 1 aromatic heterocycles. The summed E-state index contributed by atoms with van der Waals surface area (Å²) in [5, 5.41) is 2.50. The number of anilines is 3. The van der Waals surface area contributed by atoms with E-state index in [4.69, 9.17) is 0 Å². The van der Waals surface area contributed by atoms with Crippen molar-refractivity contribution < 1.29 is 0 Å². The lowest BCUT2D eigenvalue weighted by molar-refractivity contribution is 1.04. The lowest BCUT2D eigenvalue weighted by Crippen LogP contribution is -2.09. The number of para-hydroxylation sites is 3. The zero-order chi connectivity index (χ0) is 25.3. The number of hydrogen-bond donors (Lipinski definition) is 0. The van der Waals surface area contributed by atoms with Gasteiger partial charge in [-0.3, -0.25) is 0 Å². The molecule has 2 heteroatoms. The summed E-state index contributed by atoms with van der Waals surface area (Å²) in [6.07, 6.45) is 9.08. The highest BCUT2D eigenvalue weighted by Crippen LogP contribution is 2.39. The summed E-state index contributed by atoms with van der Waals surface area (Å²) in [7, 11) is 0. The number of aromatic nitrogens is 1. The van der Waals surface area contributed by atoms with Gasteiger partial charge < -0.3 is 9.47 Å². The van der Waals surface area contributed by atoms with E-state index in [-0.39, 0.29) is 0 Å². The van der Waals surface area contributed by atoms with Gasteiger partial charge in [0.25, 0.3) is 0 Å². The third-order valence-electron chi connectivity index (χ3n) is 7.40. The van der Waals surface area contributed by atoms with Gasteiger partial charge in [0, 0.05) is 33.5 Å². The van der Waals surface area contributed by atoms with Crippen LogP contribution in [0.15, 0.2) is 146 Å². The van der Waals surface area contributed by atoms with Crippen molar-refractivity contribution in [2.24, 2.45) is 0 Å². The van der Waals surface area contributed by atoms with Crippen LogP contribution in [-0.4, -0.2) is 4.57 Å². The molecule has 5 aromatic carbocycles. The fraction of sp³-hybridized carbons (Fsp3) is 0.0556. The summed E-state index contributed by atoms with van der Waals surface area (Å²) in [5.41, 5.74) is 9.60. The van der Waals surface area contributed by atoms with Crippen LogP contribution in [0.4, 0.5) is 17.1 Å². The van der Waals surface area contributed by atoms with Gasteiger partial charge in [0.05, 0.1) is 11.0 Å². The van der Waals surface area contributed by atoms with E-state index in [9.17, 15) is 0 Å². The van der Waals surface area contributed by atoms with Gasteiger partial charge in [0.15, 0.2) is 0 Å². The second kappa shape index (κ2) is 9.57. The van der Waals surface area contributed by atoms with Crippen LogP contribution in [0.3, 0.4) is 0 Å². The van der Waals surface area contributed by atoms with E-state index in [1.807, 2.05) is 0 Å². The Kier molecular flexibility index (Phi) is 5.64. The van der Waals surface area contributed by atoms with Gasteiger partial charge in [0.1, 0.15) is 0 Å². The second-order valence-corrected chi connectivity index (χ2v) is 9.75. The van der Waals surface area contributed by atoms with Crippen LogP contribution in [0.1, 0.15) is 18.4 Å². The third-order valence-corrected chi connectivity index (χ3v) is 7.40. The second-order valence-electron chi connectivity index (χ2n) is 9.75. The maximum atomic E-state index is 2.36. The molecule has 7 rings (SSSR count). The summed E-state index contributed by atoms with van der Waals surface area (Å²) in [6, 6.07) is 45.8. The predicted octanol–water partition coefficient (Wildman–Crippen LogP) is 9.99. The van der Waals surface area contributed by atoms with Crippen LogP contribution >= 0.6 is 0 Å². The van der Waals surface area contributed by atoms with Gasteiger partial charge in [-0.2, -0.15) is 0 Å². The van der Waals surface area contributed by atoms with Crippen LogP contribution < -0.4 is 4.90 Å². The zero-order valence-corrected chi connectivity index (χ0v) is 21.2. The van der Waals surface area contributed by atoms with E-state index in [2.05, 4.69) is 155 Å². The van der Waals surface area contributed by atoms with Gasteiger partial charge in [-0.1, -0.05) is 85.0 Å².